The molecule has 0 spiro atoms. The summed E-state index contributed by atoms with van der Waals surface area (Å²) in [5.41, 5.74) is 5.07. The molecule has 2 heterocycles. The van der Waals surface area contributed by atoms with Crippen LogP contribution in [0.4, 0.5) is 0 Å². The summed E-state index contributed by atoms with van der Waals surface area (Å²) >= 11 is 0. The molecule has 2 bridgehead atoms. The smallest absolute Gasteiger partial charge is 0.0786 e. The molecule has 2 aromatic carbocycles. The van der Waals surface area contributed by atoms with Gasteiger partial charge in [0.25, 0.3) is 0 Å². The highest BCUT2D eigenvalue weighted by molar-refractivity contribution is 5.96. The Kier molecular flexibility index (Phi) is 2.22. The van der Waals surface area contributed by atoms with Crippen LogP contribution in [-0.2, 0) is 6.42 Å². The van der Waals surface area contributed by atoms with Gasteiger partial charge in [0, 0.05) is 16.6 Å². The molecule has 0 radical (unpaired) electrons. The molecule has 1 nitrogen and oxygen atoms in total. The maximum Gasteiger partial charge on any atom is 0.0786 e. The minimum absolute atomic E-state index is 0.526. The SMILES string of the molecule is CC1Cc2cc3ccccc3c(n2)-c2ccccc21. The van der Waals surface area contributed by atoms with E-state index in [2.05, 4.69) is 61.5 Å². The number of fused-ring (bicyclic) bond motifs is 6. The summed E-state index contributed by atoms with van der Waals surface area (Å²) in [6.07, 6.45) is 1.02. The summed E-state index contributed by atoms with van der Waals surface area (Å²) in [7, 11) is 0. The lowest BCUT2D eigenvalue weighted by Crippen LogP contribution is -1.97. The van der Waals surface area contributed by atoms with E-state index in [-0.39, 0.29) is 0 Å². The van der Waals surface area contributed by atoms with Gasteiger partial charge in [0.05, 0.1) is 5.69 Å². The van der Waals surface area contributed by atoms with Gasteiger partial charge >= 0.3 is 0 Å². The molecular weight excluding hydrogens is 230 g/mol. The maximum atomic E-state index is 4.89. The van der Waals surface area contributed by atoms with Crippen molar-refractivity contribution >= 4 is 10.8 Å². The van der Waals surface area contributed by atoms with Crippen molar-refractivity contribution in [1.82, 2.24) is 4.98 Å². The third-order valence-electron chi connectivity index (χ3n) is 4.06. The van der Waals surface area contributed by atoms with Crippen LogP contribution in [0.2, 0.25) is 0 Å². The van der Waals surface area contributed by atoms with Gasteiger partial charge in [0.15, 0.2) is 0 Å². The number of hydrogen-bond acceptors (Lipinski definition) is 1. The van der Waals surface area contributed by atoms with Crippen LogP contribution in [-0.4, -0.2) is 4.98 Å². The normalized spacial score (nSPS) is 17.0. The van der Waals surface area contributed by atoms with Crippen LogP contribution in [0.25, 0.3) is 22.0 Å². The molecule has 4 rings (SSSR count). The molecule has 1 aromatic heterocycles. The summed E-state index contributed by atoms with van der Waals surface area (Å²) in [6.45, 7) is 2.29. The van der Waals surface area contributed by atoms with E-state index in [1.54, 1.807) is 0 Å². The lowest BCUT2D eigenvalue weighted by Gasteiger charge is -2.11. The number of rotatable bonds is 0. The van der Waals surface area contributed by atoms with Gasteiger partial charge in [-0.2, -0.15) is 0 Å². The van der Waals surface area contributed by atoms with Crippen LogP contribution >= 0.6 is 0 Å². The van der Waals surface area contributed by atoms with Crippen molar-refractivity contribution in [2.24, 2.45) is 0 Å². The number of benzene rings is 2. The highest BCUT2D eigenvalue weighted by atomic mass is 14.7. The first-order chi connectivity index (χ1) is 9.33. The molecule has 1 atom stereocenters. The summed E-state index contributed by atoms with van der Waals surface area (Å²) in [4.78, 5) is 4.89. The van der Waals surface area contributed by atoms with Crippen molar-refractivity contribution in [1.29, 1.82) is 0 Å². The van der Waals surface area contributed by atoms with Gasteiger partial charge in [-0.15, -0.1) is 0 Å². The van der Waals surface area contributed by atoms with Crippen molar-refractivity contribution in [2.45, 2.75) is 19.3 Å². The molecule has 0 N–H and O–H groups in total. The third-order valence-corrected chi connectivity index (χ3v) is 4.06. The van der Waals surface area contributed by atoms with Gasteiger partial charge in [0.1, 0.15) is 0 Å². The Bertz CT molecular complexity index is 773. The molecule has 1 unspecified atom stereocenters. The molecule has 0 amide bonds. The fourth-order valence-corrected chi connectivity index (χ4v) is 3.13. The second-order valence-corrected chi connectivity index (χ2v) is 5.38. The second-order valence-electron chi connectivity index (χ2n) is 5.38. The zero-order chi connectivity index (χ0) is 12.8. The molecule has 3 aromatic rings. The lowest BCUT2D eigenvalue weighted by molar-refractivity contribution is 0.754. The summed E-state index contributed by atoms with van der Waals surface area (Å²) in [6, 6.07) is 19.5. The molecule has 1 heteroatoms. The Hall–Kier alpha value is -2.15. The van der Waals surface area contributed by atoms with E-state index in [0.717, 1.165) is 12.1 Å². The first-order valence-corrected chi connectivity index (χ1v) is 6.81. The van der Waals surface area contributed by atoms with Gasteiger partial charge in [-0.25, -0.2) is 0 Å². The molecular formula is C18H15N. The Morgan fingerprint density at radius 3 is 2.74 bits per heavy atom. The molecule has 1 aliphatic heterocycles. The number of aromatic nitrogens is 1. The lowest BCUT2D eigenvalue weighted by atomic mass is 9.92. The minimum atomic E-state index is 0.526. The van der Waals surface area contributed by atoms with Crippen LogP contribution in [0.1, 0.15) is 24.1 Å². The van der Waals surface area contributed by atoms with Gasteiger partial charge in [-0.3, -0.25) is 4.98 Å². The Morgan fingerprint density at radius 2 is 1.79 bits per heavy atom. The standard InChI is InChI=1S/C18H15N/c1-12-10-14-11-13-6-2-3-8-16(13)18(19-14)17-9-5-4-7-15(12)17/h2-9,11-12H,10H2,1H3. The van der Waals surface area contributed by atoms with E-state index >= 15 is 0 Å². The van der Waals surface area contributed by atoms with E-state index in [1.165, 1.54) is 27.6 Å². The fourth-order valence-electron chi connectivity index (χ4n) is 3.13. The molecule has 1 aliphatic rings. The molecule has 0 saturated carbocycles. The molecule has 19 heavy (non-hydrogen) atoms. The van der Waals surface area contributed by atoms with Crippen LogP contribution in [0.3, 0.4) is 0 Å². The average Bonchev–Trinajstić information content (AvgIpc) is 2.56. The van der Waals surface area contributed by atoms with Crippen LogP contribution in [0.15, 0.2) is 54.6 Å². The van der Waals surface area contributed by atoms with Crippen LogP contribution in [0, 0.1) is 0 Å². The first-order valence-electron chi connectivity index (χ1n) is 6.81. The largest absolute Gasteiger partial charge is 0.252 e. The van der Waals surface area contributed by atoms with E-state index in [1.807, 2.05) is 0 Å². The predicted molar refractivity (Wildman–Crippen MR) is 79.3 cm³/mol. The molecule has 0 saturated heterocycles. The Balaban J connectivity index is 2.15. The van der Waals surface area contributed by atoms with Crippen molar-refractivity contribution in [2.75, 3.05) is 0 Å². The highest BCUT2D eigenvalue weighted by Crippen LogP contribution is 2.37. The number of nitrogens with zero attached hydrogens (tertiary/aromatic N) is 1. The van der Waals surface area contributed by atoms with Gasteiger partial charge in [-0.1, -0.05) is 55.5 Å². The summed E-state index contributed by atoms with van der Waals surface area (Å²) in [5, 5.41) is 2.55. The zero-order valence-corrected chi connectivity index (χ0v) is 10.9. The molecule has 0 fully saturated rings. The third kappa shape index (κ3) is 1.58. The van der Waals surface area contributed by atoms with Crippen molar-refractivity contribution in [3.8, 4) is 11.3 Å². The van der Waals surface area contributed by atoms with Crippen molar-refractivity contribution < 1.29 is 0 Å². The van der Waals surface area contributed by atoms with Gasteiger partial charge in [-0.05, 0) is 29.4 Å². The van der Waals surface area contributed by atoms with Crippen LogP contribution < -0.4 is 0 Å². The molecule has 0 aliphatic carbocycles. The first kappa shape index (κ1) is 10.7. The van der Waals surface area contributed by atoms with Gasteiger partial charge in [0.2, 0.25) is 0 Å². The summed E-state index contributed by atoms with van der Waals surface area (Å²) in [5.74, 6) is 0.526. The number of hydrogen-bond donors (Lipinski definition) is 0. The fraction of sp³-hybridized carbons (Fsp3) is 0.167. The quantitative estimate of drug-likeness (QED) is 0.565. The maximum absolute atomic E-state index is 4.89. The van der Waals surface area contributed by atoms with E-state index in [0.29, 0.717) is 5.92 Å². The second kappa shape index (κ2) is 3.92. The highest BCUT2D eigenvalue weighted by Gasteiger charge is 2.20. The average molecular weight is 245 g/mol. The Morgan fingerprint density at radius 1 is 1.00 bits per heavy atom. The van der Waals surface area contributed by atoms with Crippen molar-refractivity contribution in [3.63, 3.8) is 0 Å². The van der Waals surface area contributed by atoms with E-state index in [9.17, 15) is 0 Å². The zero-order valence-electron chi connectivity index (χ0n) is 10.9. The van der Waals surface area contributed by atoms with E-state index < -0.39 is 0 Å². The van der Waals surface area contributed by atoms with Gasteiger partial charge < -0.3 is 0 Å². The molecule has 92 valence electrons. The predicted octanol–water partition coefficient (Wildman–Crippen LogP) is 4.56. The van der Waals surface area contributed by atoms with Crippen molar-refractivity contribution in [3.05, 3.63) is 65.9 Å². The summed E-state index contributed by atoms with van der Waals surface area (Å²) < 4.78 is 0. The topological polar surface area (TPSA) is 12.9 Å². The van der Waals surface area contributed by atoms with Crippen LogP contribution in [0.5, 0.6) is 0 Å². The Labute approximate surface area is 112 Å². The minimum Gasteiger partial charge on any atom is -0.252 e. The van der Waals surface area contributed by atoms with E-state index in [4.69, 9.17) is 4.98 Å². The number of pyridine rings is 1. The monoisotopic (exact) mass is 245 g/mol.